The Morgan fingerprint density at radius 2 is 2.25 bits per heavy atom. The van der Waals surface area contributed by atoms with Gasteiger partial charge in [-0.3, -0.25) is 4.40 Å². The quantitative estimate of drug-likeness (QED) is 0.888. The van der Waals surface area contributed by atoms with E-state index in [1.54, 1.807) is 0 Å². The SMILES string of the molecule is NCCc1cccc2nc(C3CC3)c(Cl)n12. The zero-order valence-electron chi connectivity index (χ0n) is 8.99. The zero-order valence-corrected chi connectivity index (χ0v) is 9.74. The molecule has 3 rings (SSSR count). The van der Waals surface area contributed by atoms with Crippen molar-refractivity contribution in [3.63, 3.8) is 0 Å². The molecule has 16 heavy (non-hydrogen) atoms. The maximum absolute atomic E-state index is 6.39. The second kappa shape index (κ2) is 3.75. The molecule has 1 fully saturated rings. The van der Waals surface area contributed by atoms with Gasteiger partial charge in [0, 0.05) is 18.0 Å². The molecule has 2 aromatic rings. The van der Waals surface area contributed by atoms with Crippen molar-refractivity contribution in [3.05, 3.63) is 34.7 Å². The van der Waals surface area contributed by atoms with E-state index in [2.05, 4.69) is 11.1 Å². The van der Waals surface area contributed by atoms with Crippen LogP contribution < -0.4 is 5.73 Å². The summed E-state index contributed by atoms with van der Waals surface area (Å²) in [7, 11) is 0. The van der Waals surface area contributed by atoms with Crippen LogP contribution in [0.5, 0.6) is 0 Å². The molecule has 0 spiro atoms. The third-order valence-electron chi connectivity index (χ3n) is 3.06. The third-order valence-corrected chi connectivity index (χ3v) is 3.42. The van der Waals surface area contributed by atoms with E-state index in [-0.39, 0.29) is 0 Å². The van der Waals surface area contributed by atoms with Crippen molar-refractivity contribution in [1.29, 1.82) is 0 Å². The van der Waals surface area contributed by atoms with Crippen molar-refractivity contribution in [2.45, 2.75) is 25.2 Å². The molecule has 84 valence electrons. The number of halogens is 1. The second-order valence-corrected chi connectivity index (χ2v) is 4.67. The Labute approximate surface area is 99.2 Å². The molecule has 2 aromatic heterocycles. The highest BCUT2D eigenvalue weighted by Gasteiger charge is 2.29. The molecule has 0 aliphatic heterocycles. The van der Waals surface area contributed by atoms with E-state index < -0.39 is 0 Å². The number of nitrogens with two attached hydrogens (primary N) is 1. The largest absolute Gasteiger partial charge is 0.330 e. The highest BCUT2D eigenvalue weighted by atomic mass is 35.5. The van der Waals surface area contributed by atoms with Crippen LogP contribution in [0.15, 0.2) is 18.2 Å². The minimum absolute atomic E-state index is 0.582. The van der Waals surface area contributed by atoms with Crippen LogP contribution >= 0.6 is 11.6 Å². The summed E-state index contributed by atoms with van der Waals surface area (Å²) in [6, 6.07) is 6.07. The first-order valence-electron chi connectivity index (χ1n) is 5.67. The molecule has 3 nitrogen and oxygen atoms in total. The van der Waals surface area contributed by atoms with Gasteiger partial charge in [0.25, 0.3) is 0 Å². The Bertz CT molecular complexity index is 528. The molecule has 0 aromatic carbocycles. The van der Waals surface area contributed by atoms with Crippen LogP contribution in [0.4, 0.5) is 0 Å². The molecule has 2 N–H and O–H groups in total. The highest BCUT2D eigenvalue weighted by Crippen LogP contribution is 2.43. The summed E-state index contributed by atoms with van der Waals surface area (Å²) in [6.07, 6.45) is 3.27. The number of nitrogens with zero attached hydrogens (tertiary/aromatic N) is 2. The Hall–Kier alpha value is -1.06. The fourth-order valence-corrected chi connectivity index (χ4v) is 2.49. The number of fused-ring (bicyclic) bond motifs is 1. The monoisotopic (exact) mass is 235 g/mol. The van der Waals surface area contributed by atoms with Gasteiger partial charge in [-0.05, 0) is 31.5 Å². The minimum atomic E-state index is 0.582. The molecule has 0 radical (unpaired) electrons. The maximum Gasteiger partial charge on any atom is 0.138 e. The zero-order chi connectivity index (χ0) is 11.1. The van der Waals surface area contributed by atoms with E-state index >= 15 is 0 Å². The van der Waals surface area contributed by atoms with Gasteiger partial charge < -0.3 is 5.73 Å². The van der Waals surface area contributed by atoms with Crippen molar-refractivity contribution >= 4 is 17.2 Å². The summed E-state index contributed by atoms with van der Waals surface area (Å²) in [6.45, 7) is 0.631. The van der Waals surface area contributed by atoms with Gasteiger partial charge in [0.05, 0.1) is 5.69 Å². The van der Waals surface area contributed by atoms with Gasteiger partial charge in [0.1, 0.15) is 10.8 Å². The summed E-state index contributed by atoms with van der Waals surface area (Å²) >= 11 is 6.39. The Kier molecular flexibility index (Phi) is 2.37. The maximum atomic E-state index is 6.39. The molecule has 1 aliphatic carbocycles. The average molecular weight is 236 g/mol. The second-order valence-electron chi connectivity index (χ2n) is 4.31. The van der Waals surface area contributed by atoms with Crippen molar-refractivity contribution in [2.75, 3.05) is 6.54 Å². The fraction of sp³-hybridized carbons (Fsp3) is 0.417. The van der Waals surface area contributed by atoms with E-state index in [1.165, 1.54) is 12.8 Å². The smallest absolute Gasteiger partial charge is 0.138 e. The number of pyridine rings is 1. The van der Waals surface area contributed by atoms with Gasteiger partial charge in [-0.25, -0.2) is 4.98 Å². The van der Waals surface area contributed by atoms with Gasteiger partial charge >= 0.3 is 0 Å². The van der Waals surface area contributed by atoms with Crippen LogP contribution in [0, 0.1) is 0 Å². The lowest BCUT2D eigenvalue weighted by molar-refractivity contribution is 0.895. The van der Waals surface area contributed by atoms with E-state index in [1.807, 2.05) is 16.5 Å². The van der Waals surface area contributed by atoms with Crippen LogP contribution in [0.25, 0.3) is 5.65 Å². The number of rotatable bonds is 3. The lowest BCUT2D eigenvalue weighted by Gasteiger charge is -2.04. The molecule has 1 aliphatic rings. The van der Waals surface area contributed by atoms with Gasteiger partial charge in [-0.1, -0.05) is 17.7 Å². The van der Waals surface area contributed by atoms with Crippen LogP contribution in [0.1, 0.15) is 30.1 Å². The number of imidazole rings is 1. The average Bonchev–Trinajstić information content (AvgIpc) is 3.05. The molecular formula is C12H14ClN3. The summed E-state index contributed by atoms with van der Waals surface area (Å²) in [5.74, 6) is 0.582. The van der Waals surface area contributed by atoms with Crippen LogP contribution in [-0.4, -0.2) is 15.9 Å². The Morgan fingerprint density at radius 3 is 2.94 bits per heavy atom. The predicted molar refractivity (Wildman–Crippen MR) is 64.9 cm³/mol. The summed E-state index contributed by atoms with van der Waals surface area (Å²) < 4.78 is 2.03. The van der Waals surface area contributed by atoms with Gasteiger partial charge in [-0.2, -0.15) is 0 Å². The summed E-state index contributed by atoms with van der Waals surface area (Å²) in [5, 5.41) is 0.779. The highest BCUT2D eigenvalue weighted by molar-refractivity contribution is 6.30. The van der Waals surface area contributed by atoms with Gasteiger partial charge in [-0.15, -0.1) is 0 Å². The van der Waals surface area contributed by atoms with Crippen LogP contribution in [0.2, 0.25) is 5.15 Å². The van der Waals surface area contributed by atoms with Gasteiger partial charge in [0.2, 0.25) is 0 Å². The molecule has 4 heteroatoms. The standard InChI is InChI=1S/C12H14ClN3/c13-12-11(8-4-5-8)15-10-3-1-2-9(6-7-14)16(10)12/h1-3,8H,4-7,14H2. The van der Waals surface area contributed by atoms with E-state index in [0.717, 1.165) is 28.6 Å². The molecule has 0 unspecified atom stereocenters. The molecule has 0 atom stereocenters. The van der Waals surface area contributed by atoms with Gasteiger partial charge in [0.15, 0.2) is 0 Å². The molecule has 2 heterocycles. The first-order chi connectivity index (χ1) is 7.81. The Morgan fingerprint density at radius 1 is 1.44 bits per heavy atom. The molecular weight excluding hydrogens is 222 g/mol. The van der Waals surface area contributed by atoms with Crippen LogP contribution in [0.3, 0.4) is 0 Å². The molecule has 0 saturated heterocycles. The fourth-order valence-electron chi connectivity index (χ4n) is 2.10. The van der Waals surface area contributed by atoms with Crippen molar-refractivity contribution in [3.8, 4) is 0 Å². The topological polar surface area (TPSA) is 43.3 Å². The van der Waals surface area contributed by atoms with E-state index in [9.17, 15) is 0 Å². The lowest BCUT2D eigenvalue weighted by Crippen LogP contribution is -2.06. The van der Waals surface area contributed by atoms with E-state index in [4.69, 9.17) is 17.3 Å². The van der Waals surface area contributed by atoms with Crippen LogP contribution in [-0.2, 0) is 6.42 Å². The summed E-state index contributed by atoms with van der Waals surface area (Å²) in [4.78, 5) is 4.61. The predicted octanol–water partition coefficient (Wildman–Crippen LogP) is 2.37. The molecule has 1 saturated carbocycles. The Balaban J connectivity index is 2.20. The van der Waals surface area contributed by atoms with Crippen molar-refractivity contribution in [1.82, 2.24) is 9.38 Å². The third kappa shape index (κ3) is 1.51. The normalized spacial score (nSPS) is 15.9. The first-order valence-corrected chi connectivity index (χ1v) is 6.05. The lowest BCUT2D eigenvalue weighted by atomic mass is 10.2. The molecule has 0 bridgehead atoms. The van der Waals surface area contributed by atoms with E-state index in [0.29, 0.717) is 12.5 Å². The molecule has 0 amide bonds. The van der Waals surface area contributed by atoms with Crippen molar-refractivity contribution in [2.24, 2.45) is 5.73 Å². The summed E-state index contributed by atoms with van der Waals surface area (Å²) in [5.41, 5.74) is 8.75. The minimum Gasteiger partial charge on any atom is -0.330 e. The first kappa shape index (κ1) is 10.1. The number of aromatic nitrogens is 2. The van der Waals surface area contributed by atoms with Crippen molar-refractivity contribution < 1.29 is 0 Å². The number of hydrogen-bond donors (Lipinski definition) is 1. The number of hydrogen-bond acceptors (Lipinski definition) is 2.